The summed E-state index contributed by atoms with van der Waals surface area (Å²) in [6.07, 6.45) is 12.6. The fourth-order valence-corrected chi connectivity index (χ4v) is 3.26. The van der Waals surface area contributed by atoms with Gasteiger partial charge in [0.2, 0.25) is 0 Å². The fourth-order valence-electron chi connectivity index (χ4n) is 3.06. The van der Waals surface area contributed by atoms with E-state index in [4.69, 9.17) is 11.6 Å². The Morgan fingerprint density at radius 3 is 3.00 bits per heavy atom. The molecule has 1 heterocycles. The molecule has 106 valence electrons. The number of pyridine rings is 1. The largest absolute Gasteiger partial charge is 0.314 e. The van der Waals surface area contributed by atoms with E-state index in [1.807, 2.05) is 6.20 Å². The smallest absolute Gasteiger partial charge is 0.0621 e. The Labute approximate surface area is 122 Å². The molecule has 19 heavy (non-hydrogen) atoms. The van der Waals surface area contributed by atoms with Crippen LogP contribution in [0.3, 0.4) is 0 Å². The number of halogens is 1. The van der Waals surface area contributed by atoms with E-state index < -0.39 is 0 Å². The highest BCUT2D eigenvalue weighted by Crippen LogP contribution is 2.28. The molecule has 2 nitrogen and oxygen atoms in total. The Kier molecular flexibility index (Phi) is 6.12. The predicted octanol–water partition coefficient (Wildman–Crippen LogP) is 4.23. The van der Waals surface area contributed by atoms with Gasteiger partial charge in [-0.1, -0.05) is 37.8 Å². The van der Waals surface area contributed by atoms with E-state index in [0.717, 1.165) is 23.9 Å². The van der Waals surface area contributed by atoms with Crippen molar-refractivity contribution in [3.63, 3.8) is 0 Å². The highest BCUT2D eigenvalue weighted by Gasteiger charge is 2.20. The molecule has 0 saturated heterocycles. The molecule has 0 radical (unpaired) electrons. The molecule has 1 saturated carbocycles. The lowest BCUT2D eigenvalue weighted by Gasteiger charge is -2.21. The van der Waals surface area contributed by atoms with E-state index in [9.17, 15) is 0 Å². The van der Waals surface area contributed by atoms with Crippen molar-refractivity contribution in [2.45, 2.75) is 57.9 Å². The van der Waals surface area contributed by atoms with Gasteiger partial charge in [0, 0.05) is 18.4 Å². The SMILES string of the molecule is CCCNC1CCCCC(Cc2ccncc2Cl)C1. The Hall–Kier alpha value is -0.600. The maximum Gasteiger partial charge on any atom is 0.0621 e. The van der Waals surface area contributed by atoms with Gasteiger partial charge in [0.1, 0.15) is 0 Å². The average molecular weight is 281 g/mol. The zero-order valence-electron chi connectivity index (χ0n) is 11.9. The van der Waals surface area contributed by atoms with Gasteiger partial charge in [-0.3, -0.25) is 4.98 Å². The molecule has 0 amide bonds. The molecule has 3 heteroatoms. The van der Waals surface area contributed by atoms with Crippen molar-refractivity contribution in [3.8, 4) is 0 Å². The zero-order chi connectivity index (χ0) is 13.5. The maximum absolute atomic E-state index is 6.23. The number of nitrogens with one attached hydrogen (secondary N) is 1. The van der Waals surface area contributed by atoms with Crippen LogP contribution in [0.1, 0.15) is 51.0 Å². The van der Waals surface area contributed by atoms with Crippen molar-refractivity contribution in [1.82, 2.24) is 10.3 Å². The molecule has 1 aromatic rings. The molecule has 2 rings (SSSR count). The highest BCUT2D eigenvalue weighted by molar-refractivity contribution is 6.31. The molecule has 1 aliphatic rings. The summed E-state index contributed by atoms with van der Waals surface area (Å²) in [7, 11) is 0. The van der Waals surface area contributed by atoms with E-state index in [1.54, 1.807) is 6.20 Å². The first-order valence-corrected chi connectivity index (χ1v) is 7.99. The minimum atomic E-state index is 0.702. The molecule has 1 N–H and O–H groups in total. The number of nitrogens with zero attached hydrogens (tertiary/aromatic N) is 1. The highest BCUT2D eigenvalue weighted by atomic mass is 35.5. The van der Waals surface area contributed by atoms with Crippen LogP contribution in [0.4, 0.5) is 0 Å². The monoisotopic (exact) mass is 280 g/mol. The van der Waals surface area contributed by atoms with Crippen LogP contribution in [0, 0.1) is 5.92 Å². The van der Waals surface area contributed by atoms with Gasteiger partial charge in [0.25, 0.3) is 0 Å². The molecule has 0 aromatic carbocycles. The Bertz CT molecular complexity index is 381. The van der Waals surface area contributed by atoms with Crippen LogP contribution in [0.25, 0.3) is 0 Å². The van der Waals surface area contributed by atoms with E-state index in [1.165, 1.54) is 44.1 Å². The van der Waals surface area contributed by atoms with Gasteiger partial charge in [0.15, 0.2) is 0 Å². The van der Waals surface area contributed by atoms with Crippen LogP contribution < -0.4 is 5.32 Å². The summed E-state index contributed by atoms with van der Waals surface area (Å²) in [5, 5.41) is 4.52. The van der Waals surface area contributed by atoms with E-state index in [0.29, 0.717) is 6.04 Å². The van der Waals surface area contributed by atoms with Crippen molar-refractivity contribution >= 4 is 11.6 Å². The summed E-state index contributed by atoms with van der Waals surface area (Å²) >= 11 is 6.23. The molecule has 2 atom stereocenters. The lowest BCUT2D eigenvalue weighted by atomic mass is 9.91. The third kappa shape index (κ3) is 4.77. The third-order valence-electron chi connectivity index (χ3n) is 4.08. The van der Waals surface area contributed by atoms with Crippen LogP contribution in [-0.4, -0.2) is 17.6 Å². The van der Waals surface area contributed by atoms with E-state index in [-0.39, 0.29) is 0 Å². The summed E-state index contributed by atoms with van der Waals surface area (Å²) in [6.45, 7) is 3.38. The van der Waals surface area contributed by atoms with Crippen molar-refractivity contribution in [2.75, 3.05) is 6.54 Å². The van der Waals surface area contributed by atoms with Crippen molar-refractivity contribution in [1.29, 1.82) is 0 Å². The second kappa shape index (κ2) is 7.86. The number of hydrogen-bond donors (Lipinski definition) is 1. The molecule has 1 aromatic heterocycles. The molecule has 0 bridgehead atoms. The van der Waals surface area contributed by atoms with Gasteiger partial charge >= 0.3 is 0 Å². The predicted molar refractivity (Wildman–Crippen MR) is 81.6 cm³/mol. The minimum absolute atomic E-state index is 0.702. The first kappa shape index (κ1) is 14.8. The Morgan fingerprint density at radius 2 is 2.21 bits per heavy atom. The lowest BCUT2D eigenvalue weighted by Crippen LogP contribution is -2.31. The molecule has 0 spiro atoms. The van der Waals surface area contributed by atoms with Gasteiger partial charge in [0.05, 0.1) is 5.02 Å². The zero-order valence-corrected chi connectivity index (χ0v) is 12.6. The molecule has 0 aliphatic heterocycles. The minimum Gasteiger partial charge on any atom is -0.314 e. The molecular weight excluding hydrogens is 256 g/mol. The first-order valence-electron chi connectivity index (χ1n) is 7.61. The summed E-state index contributed by atoms with van der Waals surface area (Å²) < 4.78 is 0. The van der Waals surface area contributed by atoms with Crippen LogP contribution in [0.5, 0.6) is 0 Å². The van der Waals surface area contributed by atoms with E-state index >= 15 is 0 Å². The molecule has 1 aliphatic carbocycles. The second-order valence-corrected chi connectivity index (χ2v) is 6.12. The standard InChI is InChI=1S/C16H25ClN2/c1-2-8-19-15-6-4-3-5-13(11-15)10-14-7-9-18-12-16(14)17/h7,9,12-13,15,19H,2-6,8,10-11H2,1H3. The summed E-state index contributed by atoms with van der Waals surface area (Å²) in [6, 6.07) is 2.77. The normalized spacial score (nSPS) is 24.1. The Balaban J connectivity index is 1.93. The topological polar surface area (TPSA) is 24.9 Å². The summed E-state index contributed by atoms with van der Waals surface area (Å²) in [5.74, 6) is 0.761. The van der Waals surface area contributed by atoms with Crippen molar-refractivity contribution in [3.05, 3.63) is 29.0 Å². The fraction of sp³-hybridized carbons (Fsp3) is 0.688. The Morgan fingerprint density at radius 1 is 1.37 bits per heavy atom. The number of rotatable bonds is 5. The molecule has 2 unspecified atom stereocenters. The number of aromatic nitrogens is 1. The maximum atomic E-state index is 6.23. The van der Waals surface area contributed by atoms with Gasteiger partial charge in [-0.15, -0.1) is 0 Å². The first-order chi connectivity index (χ1) is 9.29. The lowest BCUT2D eigenvalue weighted by molar-refractivity contribution is 0.384. The van der Waals surface area contributed by atoms with Crippen LogP contribution in [0.2, 0.25) is 5.02 Å². The summed E-state index contributed by atoms with van der Waals surface area (Å²) in [4.78, 5) is 4.07. The van der Waals surface area contributed by atoms with Crippen LogP contribution in [-0.2, 0) is 6.42 Å². The van der Waals surface area contributed by atoms with Gasteiger partial charge in [-0.2, -0.15) is 0 Å². The number of hydrogen-bond acceptors (Lipinski definition) is 2. The van der Waals surface area contributed by atoms with Gasteiger partial charge < -0.3 is 5.32 Å². The van der Waals surface area contributed by atoms with Crippen LogP contribution >= 0.6 is 11.6 Å². The average Bonchev–Trinajstić information content (AvgIpc) is 2.64. The second-order valence-electron chi connectivity index (χ2n) is 5.71. The molecule has 1 fully saturated rings. The molecular formula is C16H25ClN2. The third-order valence-corrected chi connectivity index (χ3v) is 4.42. The van der Waals surface area contributed by atoms with Crippen molar-refractivity contribution < 1.29 is 0 Å². The summed E-state index contributed by atoms with van der Waals surface area (Å²) in [5.41, 5.74) is 1.26. The van der Waals surface area contributed by atoms with E-state index in [2.05, 4.69) is 23.3 Å². The van der Waals surface area contributed by atoms with Gasteiger partial charge in [-0.05, 0) is 49.8 Å². The quantitative estimate of drug-likeness (QED) is 0.817. The van der Waals surface area contributed by atoms with Crippen molar-refractivity contribution in [2.24, 2.45) is 5.92 Å². The van der Waals surface area contributed by atoms with Gasteiger partial charge in [-0.25, -0.2) is 0 Å². The van der Waals surface area contributed by atoms with Crippen LogP contribution in [0.15, 0.2) is 18.5 Å².